The van der Waals surface area contributed by atoms with E-state index >= 15 is 0 Å². The molecule has 2 atom stereocenters. The van der Waals surface area contributed by atoms with Crippen LogP contribution in [-0.2, 0) is 9.59 Å². The second kappa shape index (κ2) is 7.54. The van der Waals surface area contributed by atoms with Crippen molar-refractivity contribution in [3.8, 4) is 0 Å². The van der Waals surface area contributed by atoms with Gasteiger partial charge in [-0.15, -0.1) is 0 Å². The van der Waals surface area contributed by atoms with E-state index in [4.69, 9.17) is 10.2 Å². The lowest BCUT2D eigenvalue weighted by Gasteiger charge is -2.26. The van der Waals surface area contributed by atoms with E-state index in [1.165, 1.54) is 13.8 Å². The van der Waals surface area contributed by atoms with Crippen LogP contribution in [0.3, 0.4) is 0 Å². The summed E-state index contributed by atoms with van der Waals surface area (Å²) in [6.45, 7) is 2.70. The molecule has 0 aliphatic rings. The van der Waals surface area contributed by atoms with Crippen molar-refractivity contribution in [2.45, 2.75) is 26.4 Å². The standard InChI is InChI=1S/C9H17NO5.H3P/c1-9(2,5-11)7(14)8(15)10-4-3-6(12)13;/h7,11,14H,3-5H2,1-2H3,(H,10,15)(H,12,13);1H3/t7-;/m0./s1. The third-order valence-electron chi connectivity index (χ3n) is 2.03. The van der Waals surface area contributed by atoms with E-state index in [1.807, 2.05) is 0 Å². The van der Waals surface area contributed by atoms with Crippen molar-refractivity contribution in [1.29, 1.82) is 0 Å². The first-order chi connectivity index (χ1) is 6.81. The SMILES string of the molecule is CC(C)(CO)[C@@H](O)C(=O)NCCC(=O)O.P. The minimum atomic E-state index is -1.35. The summed E-state index contributed by atoms with van der Waals surface area (Å²) in [4.78, 5) is 21.4. The van der Waals surface area contributed by atoms with Crippen LogP contribution >= 0.6 is 9.90 Å². The Morgan fingerprint density at radius 2 is 1.88 bits per heavy atom. The molecule has 1 amide bonds. The molecule has 6 nitrogen and oxygen atoms in total. The molecule has 0 saturated heterocycles. The quantitative estimate of drug-likeness (QED) is 0.455. The van der Waals surface area contributed by atoms with E-state index in [9.17, 15) is 14.7 Å². The van der Waals surface area contributed by atoms with Crippen LogP contribution in [0.1, 0.15) is 20.3 Å². The van der Waals surface area contributed by atoms with Crippen LogP contribution in [0.15, 0.2) is 0 Å². The average molecular weight is 253 g/mol. The number of carbonyl (C=O) groups excluding carboxylic acids is 1. The minimum absolute atomic E-state index is 0. The molecule has 0 aromatic rings. The van der Waals surface area contributed by atoms with E-state index in [-0.39, 0.29) is 29.5 Å². The van der Waals surface area contributed by atoms with Gasteiger partial charge in [-0.25, -0.2) is 0 Å². The summed E-state index contributed by atoms with van der Waals surface area (Å²) < 4.78 is 0. The van der Waals surface area contributed by atoms with Gasteiger partial charge in [-0.05, 0) is 0 Å². The average Bonchev–Trinajstić information content (AvgIpc) is 2.15. The number of aliphatic hydroxyl groups is 2. The van der Waals surface area contributed by atoms with Crippen molar-refractivity contribution in [3.63, 3.8) is 0 Å². The van der Waals surface area contributed by atoms with Gasteiger partial charge in [0, 0.05) is 12.0 Å². The molecule has 0 spiro atoms. The number of hydrogen-bond acceptors (Lipinski definition) is 4. The second-order valence-electron chi connectivity index (χ2n) is 3.98. The van der Waals surface area contributed by atoms with Crippen molar-refractivity contribution in [2.75, 3.05) is 13.2 Å². The predicted molar refractivity (Wildman–Crippen MR) is 63.2 cm³/mol. The molecule has 0 aliphatic carbocycles. The van der Waals surface area contributed by atoms with E-state index in [0.717, 1.165) is 0 Å². The highest BCUT2D eigenvalue weighted by Crippen LogP contribution is 2.19. The number of carboxylic acid groups (broad SMARTS) is 1. The predicted octanol–water partition coefficient (Wildman–Crippen LogP) is -0.985. The van der Waals surface area contributed by atoms with E-state index in [1.54, 1.807) is 0 Å². The van der Waals surface area contributed by atoms with Gasteiger partial charge in [-0.3, -0.25) is 9.59 Å². The number of aliphatic hydroxyl groups excluding tert-OH is 2. The molecule has 0 rings (SSSR count). The summed E-state index contributed by atoms with van der Waals surface area (Å²) in [7, 11) is 0. The van der Waals surface area contributed by atoms with Crippen LogP contribution in [0.5, 0.6) is 0 Å². The first-order valence-electron chi connectivity index (χ1n) is 4.59. The van der Waals surface area contributed by atoms with Gasteiger partial charge in [0.25, 0.3) is 0 Å². The highest BCUT2D eigenvalue weighted by molar-refractivity contribution is 6.92. The zero-order chi connectivity index (χ0) is 12.1. The molecule has 0 bridgehead atoms. The molecule has 0 fully saturated rings. The summed E-state index contributed by atoms with van der Waals surface area (Å²) >= 11 is 0. The number of rotatable bonds is 6. The second-order valence-corrected chi connectivity index (χ2v) is 3.98. The molecule has 0 saturated carbocycles. The molecule has 1 unspecified atom stereocenters. The summed E-state index contributed by atoms with van der Waals surface area (Å²) in [5.74, 6) is -1.69. The summed E-state index contributed by atoms with van der Waals surface area (Å²) in [6.07, 6.45) is -1.55. The van der Waals surface area contributed by atoms with Crippen molar-refractivity contribution in [3.05, 3.63) is 0 Å². The first kappa shape index (κ1) is 17.7. The van der Waals surface area contributed by atoms with Gasteiger partial charge in [-0.2, -0.15) is 9.90 Å². The fourth-order valence-electron chi connectivity index (χ4n) is 0.831. The van der Waals surface area contributed by atoms with Crippen molar-refractivity contribution in [2.24, 2.45) is 5.41 Å². The van der Waals surface area contributed by atoms with E-state index in [2.05, 4.69) is 5.32 Å². The fraction of sp³-hybridized carbons (Fsp3) is 0.778. The minimum Gasteiger partial charge on any atom is -0.481 e. The lowest BCUT2D eigenvalue weighted by molar-refractivity contribution is -0.138. The molecular weight excluding hydrogens is 233 g/mol. The summed E-state index contributed by atoms with van der Waals surface area (Å²) in [5, 5.41) is 29.0. The monoisotopic (exact) mass is 253 g/mol. The lowest BCUT2D eigenvalue weighted by Crippen LogP contribution is -2.45. The van der Waals surface area contributed by atoms with Gasteiger partial charge in [-0.1, -0.05) is 13.8 Å². The van der Waals surface area contributed by atoms with Crippen molar-refractivity contribution in [1.82, 2.24) is 5.32 Å². The van der Waals surface area contributed by atoms with E-state index < -0.39 is 23.4 Å². The van der Waals surface area contributed by atoms with Crippen molar-refractivity contribution < 1.29 is 24.9 Å². The maximum absolute atomic E-state index is 11.3. The lowest BCUT2D eigenvalue weighted by atomic mass is 9.87. The third kappa shape index (κ3) is 6.00. The van der Waals surface area contributed by atoms with Gasteiger partial charge in [0.2, 0.25) is 5.91 Å². The Morgan fingerprint density at radius 1 is 1.38 bits per heavy atom. The van der Waals surface area contributed by atoms with Crippen LogP contribution in [0.25, 0.3) is 0 Å². The Hall–Kier alpha value is -0.710. The summed E-state index contributed by atoms with van der Waals surface area (Å²) in [6, 6.07) is 0. The number of aliphatic carboxylic acids is 1. The molecule has 0 aromatic heterocycles. The maximum atomic E-state index is 11.3. The Balaban J connectivity index is 0. The van der Waals surface area contributed by atoms with E-state index in [0.29, 0.717) is 0 Å². The number of nitrogens with one attached hydrogen (secondary N) is 1. The molecule has 7 heteroatoms. The summed E-state index contributed by atoms with van der Waals surface area (Å²) in [5.41, 5.74) is -0.937. The van der Waals surface area contributed by atoms with Crippen LogP contribution in [0.4, 0.5) is 0 Å². The third-order valence-corrected chi connectivity index (χ3v) is 2.03. The van der Waals surface area contributed by atoms with Gasteiger partial charge in [0.1, 0.15) is 6.10 Å². The number of carboxylic acids is 1. The van der Waals surface area contributed by atoms with Gasteiger partial charge in [0.15, 0.2) is 0 Å². The first-order valence-corrected chi connectivity index (χ1v) is 4.59. The number of hydrogen-bond donors (Lipinski definition) is 4. The molecule has 0 aromatic carbocycles. The molecule has 0 radical (unpaired) electrons. The Morgan fingerprint density at radius 3 is 2.25 bits per heavy atom. The van der Waals surface area contributed by atoms with Gasteiger partial charge in [0.05, 0.1) is 13.0 Å². The van der Waals surface area contributed by atoms with Crippen LogP contribution in [0, 0.1) is 5.41 Å². The van der Waals surface area contributed by atoms with Gasteiger partial charge >= 0.3 is 5.97 Å². The Kier molecular flexibility index (Phi) is 8.34. The Bertz CT molecular complexity index is 244. The smallest absolute Gasteiger partial charge is 0.305 e. The maximum Gasteiger partial charge on any atom is 0.305 e. The largest absolute Gasteiger partial charge is 0.481 e. The highest BCUT2D eigenvalue weighted by atomic mass is 31.0. The fourth-order valence-corrected chi connectivity index (χ4v) is 0.831. The Labute approximate surface area is 97.7 Å². The zero-order valence-electron chi connectivity index (χ0n) is 9.56. The van der Waals surface area contributed by atoms with Gasteiger partial charge < -0.3 is 20.6 Å². The molecule has 4 N–H and O–H groups in total. The van der Waals surface area contributed by atoms with Crippen LogP contribution in [0.2, 0.25) is 0 Å². The molecule has 0 aliphatic heterocycles. The van der Waals surface area contributed by atoms with Crippen LogP contribution < -0.4 is 5.32 Å². The molecule has 96 valence electrons. The molecule has 0 heterocycles. The van der Waals surface area contributed by atoms with Crippen LogP contribution in [-0.4, -0.2) is 46.5 Å². The molecular formula is C9H20NO5P. The topological polar surface area (TPSA) is 107 Å². The number of amides is 1. The van der Waals surface area contributed by atoms with Crippen molar-refractivity contribution >= 4 is 21.8 Å². The zero-order valence-corrected chi connectivity index (χ0v) is 11.0. The number of carbonyl (C=O) groups is 2. The normalized spacial score (nSPS) is 12.5. The molecule has 16 heavy (non-hydrogen) atoms. The highest BCUT2D eigenvalue weighted by Gasteiger charge is 2.32.